The molecule has 0 saturated carbocycles. The zero-order valence-electron chi connectivity index (χ0n) is 11.8. The summed E-state index contributed by atoms with van der Waals surface area (Å²) in [4.78, 5) is 15.3. The van der Waals surface area contributed by atoms with Crippen molar-refractivity contribution >= 4 is 5.97 Å². The number of rotatable bonds is 5. The summed E-state index contributed by atoms with van der Waals surface area (Å²) in [5.41, 5.74) is 4.49. The van der Waals surface area contributed by atoms with Crippen LogP contribution in [0.1, 0.15) is 34.6 Å². The molecule has 0 spiro atoms. The van der Waals surface area contributed by atoms with Crippen LogP contribution in [0.3, 0.4) is 0 Å². The van der Waals surface area contributed by atoms with Crippen LogP contribution < -0.4 is 0 Å². The van der Waals surface area contributed by atoms with Crippen LogP contribution in [-0.2, 0) is 11.2 Å². The number of aryl methyl sites for hydroxylation is 2. The summed E-state index contributed by atoms with van der Waals surface area (Å²) in [5, 5.41) is 9.17. The topological polar surface area (TPSA) is 50.2 Å². The molecule has 104 valence electrons. The van der Waals surface area contributed by atoms with Crippen LogP contribution in [0.15, 0.2) is 42.7 Å². The quantitative estimate of drug-likeness (QED) is 0.903. The summed E-state index contributed by atoms with van der Waals surface area (Å²) in [5.74, 6) is -0.781. The Morgan fingerprint density at radius 3 is 2.75 bits per heavy atom. The van der Waals surface area contributed by atoms with Gasteiger partial charge in [0.15, 0.2) is 0 Å². The van der Waals surface area contributed by atoms with Crippen LogP contribution in [0.4, 0.5) is 0 Å². The van der Waals surface area contributed by atoms with E-state index in [1.807, 2.05) is 26.0 Å². The van der Waals surface area contributed by atoms with E-state index in [-0.39, 0.29) is 12.3 Å². The molecule has 1 aromatic heterocycles. The van der Waals surface area contributed by atoms with E-state index in [0.717, 1.165) is 22.3 Å². The fraction of sp³-hybridized carbons (Fsp3) is 0.294. The molecule has 0 radical (unpaired) electrons. The van der Waals surface area contributed by atoms with Crippen molar-refractivity contribution in [2.45, 2.75) is 32.6 Å². The summed E-state index contributed by atoms with van der Waals surface area (Å²) < 4.78 is 0. The molecule has 1 unspecified atom stereocenters. The number of aliphatic carboxylic acids is 1. The lowest BCUT2D eigenvalue weighted by molar-refractivity contribution is -0.137. The van der Waals surface area contributed by atoms with Crippen molar-refractivity contribution in [3.05, 3.63) is 65.0 Å². The van der Waals surface area contributed by atoms with Crippen LogP contribution >= 0.6 is 0 Å². The Hall–Kier alpha value is -2.16. The average molecular weight is 269 g/mol. The molecule has 1 N–H and O–H groups in total. The maximum absolute atomic E-state index is 11.2. The van der Waals surface area contributed by atoms with Gasteiger partial charge < -0.3 is 5.11 Å². The predicted octanol–water partition coefficient (Wildman–Crippen LogP) is 3.50. The molecular weight excluding hydrogens is 250 g/mol. The molecule has 1 atom stereocenters. The van der Waals surface area contributed by atoms with Gasteiger partial charge in [0.25, 0.3) is 0 Å². The highest BCUT2D eigenvalue weighted by molar-refractivity contribution is 5.68. The van der Waals surface area contributed by atoms with Gasteiger partial charge in [-0.05, 0) is 48.9 Å². The highest BCUT2D eigenvalue weighted by Crippen LogP contribution is 2.27. The molecule has 1 aromatic carbocycles. The standard InChI is InChI=1S/C17H19NO2/c1-12-5-6-13(2)16(8-12)15(10-17(19)20)9-14-4-3-7-18-11-14/h3-8,11,15H,9-10H2,1-2H3,(H,19,20). The summed E-state index contributed by atoms with van der Waals surface area (Å²) in [6, 6.07) is 10.1. The summed E-state index contributed by atoms with van der Waals surface area (Å²) in [7, 11) is 0. The minimum atomic E-state index is -0.764. The van der Waals surface area contributed by atoms with Crippen molar-refractivity contribution in [3.8, 4) is 0 Å². The zero-order chi connectivity index (χ0) is 14.5. The number of carboxylic acids is 1. The third-order valence-corrected chi connectivity index (χ3v) is 3.50. The van der Waals surface area contributed by atoms with Crippen LogP contribution in [0.25, 0.3) is 0 Å². The fourth-order valence-electron chi connectivity index (χ4n) is 2.51. The van der Waals surface area contributed by atoms with E-state index in [2.05, 4.69) is 23.2 Å². The fourth-order valence-corrected chi connectivity index (χ4v) is 2.51. The van der Waals surface area contributed by atoms with Gasteiger partial charge in [-0.1, -0.05) is 29.8 Å². The van der Waals surface area contributed by atoms with E-state index in [0.29, 0.717) is 6.42 Å². The van der Waals surface area contributed by atoms with Crippen molar-refractivity contribution in [1.29, 1.82) is 0 Å². The first-order chi connectivity index (χ1) is 9.56. The number of pyridine rings is 1. The lowest BCUT2D eigenvalue weighted by Crippen LogP contribution is -2.11. The maximum atomic E-state index is 11.2. The number of carbonyl (C=O) groups is 1. The molecule has 0 bridgehead atoms. The molecule has 3 nitrogen and oxygen atoms in total. The van der Waals surface area contributed by atoms with Gasteiger partial charge in [-0.2, -0.15) is 0 Å². The first-order valence-electron chi connectivity index (χ1n) is 6.74. The molecule has 0 aliphatic rings. The smallest absolute Gasteiger partial charge is 0.303 e. The summed E-state index contributed by atoms with van der Waals surface area (Å²) in [6.45, 7) is 4.07. The molecule has 0 aliphatic heterocycles. The van der Waals surface area contributed by atoms with Crippen LogP contribution in [0.5, 0.6) is 0 Å². The van der Waals surface area contributed by atoms with Crippen LogP contribution in [-0.4, -0.2) is 16.1 Å². The average Bonchev–Trinajstić information content (AvgIpc) is 2.41. The van der Waals surface area contributed by atoms with Gasteiger partial charge in [0.1, 0.15) is 0 Å². The Morgan fingerprint density at radius 1 is 1.30 bits per heavy atom. The normalized spacial score (nSPS) is 12.1. The minimum absolute atomic E-state index is 0.0170. The summed E-state index contributed by atoms with van der Waals surface area (Å²) in [6.07, 6.45) is 4.37. The van der Waals surface area contributed by atoms with Gasteiger partial charge in [0.05, 0.1) is 6.42 Å². The monoisotopic (exact) mass is 269 g/mol. The van der Waals surface area contributed by atoms with E-state index < -0.39 is 5.97 Å². The molecule has 2 aromatic rings. The van der Waals surface area contributed by atoms with Crippen molar-refractivity contribution < 1.29 is 9.90 Å². The Kier molecular flexibility index (Phi) is 4.51. The lowest BCUT2D eigenvalue weighted by atomic mass is 9.86. The van der Waals surface area contributed by atoms with E-state index in [4.69, 9.17) is 5.11 Å². The molecule has 1 heterocycles. The van der Waals surface area contributed by atoms with Crippen LogP contribution in [0, 0.1) is 13.8 Å². The van der Waals surface area contributed by atoms with Gasteiger partial charge in [0.2, 0.25) is 0 Å². The Morgan fingerprint density at radius 2 is 2.10 bits per heavy atom. The highest BCUT2D eigenvalue weighted by atomic mass is 16.4. The highest BCUT2D eigenvalue weighted by Gasteiger charge is 2.18. The van der Waals surface area contributed by atoms with Gasteiger partial charge in [-0.3, -0.25) is 9.78 Å². The second kappa shape index (κ2) is 6.33. The van der Waals surface area contributed by atoms with Crippen molar-refractivity contribution in [2.24, 2.45) is 0 Å². The van der Waals surface area contributed by atoms with Gasteiger partial charge in [-0.25, -0.2) is 0 Å². The molecule has 0 saturated heterocycles. The maximum Gasteiger partial charge on any atom is 0.303 e. The number of aromatic nitrogens is 1. The SMILES string of the molecule is Cc1ccc(C)c(C(CC(=O)O)Cc2cccnc2)c1. The van der Waals surface area contributed by atoms with Gasteiger partial charge in [-0.15, -0.1) is 0 Å². The Bertz CT molecular complexity index is 593. The third kappa shape index (κ3) is 3.67. The van der Waals surface area contributed by atoms with E-state index in [1.54, 1.807) is 12.4 Å². The number of carboxylic acid groups (broad SMARTS) is 1. The largest absolute Gasteiger partial charge is 0.481 e. The Balaban J connectivity index is 2.32. The minimum Gasteiger partial charge on any atom is -0.481 e. The molecule has 0 amide bonds. The van der Waals surface area contributed by atoms with Crippen molar-refractivity contribution in [3.63, 3.8) is 0 Å². The second-order valence-corrected chi connectivity index (χ2v) is 5.22. The van der Waals surface area contributed by atoms with E-state index in [9.17, 15) is 4.79 Å². The first-order valence-corrected chi connectivity index (χ1v) is 6.74. The zero-order valence-corrected chi connectivity index (χ0v) is 11.8. The van der Waals surface area contributed by atoms with Gasteiger partial charge in [0, 0.05) is 12.4 Å². The predicted molar refractivity (Wildman–Crippen MR) is 78.9 cm³/mol. The number of benzene rings is 1. The number of hydrogen-bond acceptors (Lipinski definition) is 2. The van der Waals surface area contributed by atoms with E-state index >= 15 is 0 Å². The second-order valence-electron chi connectivity index (χ2n) is 5.22. The van der Waals surface area contributed by atoms with E-state index in [1.165, 1.54) is 0 Å². The molecule has 0 aliphatic carbocycles. The van der Waals surface area contributed by atoms with Gasteiger partial charge >= 0.3 is 5.97 Å². The van der Waals surface area contributed by atoms with Crippen LogP contribution in [0.2, 0.25) is 0 Å². The molecular formula is C17H19NO2. The Labute approximate surface area is 119 Å². The molecule has 3 heteroatoms. The lowest BCUT2D eigenvalue weighted by Gasteiger charge is -2.18. The third-order valence-electron chi connectivity index (χ3n) is 3.50. The molecule has 20 heavy (non-hydrogen) atoms. The summed E-state index contributed by atoms with van der Waals surface area (Å²) >= 11 is 0. The number of nitrogens with zero attached hydrogens (tertiary/aromatic N) is 1. The molecule has 2 rings (SSSR count). The molecule has 0 fully saturated rings. The van der Waals surface area contributed by atoms with Crippen molar-refractivity contribution in [2.75, 3.05) is 0 Å². The van der Waals surface area contributed by atoms with Crippen molar-refractivity contribution in [1.82, 2.24) is 4.98 Å². The first kappa shape index (κ1) is 14.3. The number of hydrogen-bond donors (Lipinski definition) is 1.